The van der Waals surface area contributed by atoms with Crippen molar-refractivity contribution in [3.05, 3.63) is 59.5 Å². The van der Waals surface area contributed by atoms with Crippen LogP contribution in [0, 0.1) is 0 Å². The van der Waals surface area contributed by atoms with Gasteiger partial charge < -0.3 is 14.5 Å². The molecular weight excluding hydrogens is 362 g/mol. The van der Waals surface area contributed by atoms with E-state index in [2.05, 4.69) is 21.6 Å². The minimum Gasteiger partial charge on any atom is -0.495 e. The first-order valence-corrected chi connectivity index (χ1v) is 10.4. The summed E-state index contributed by atoms with van der Waals surface area (Å²) in [7, 11) is 0.115. The number of piperazine rings is 1. The topological polar surface area (TPSA) is 61.9 Å². The molecule has 6 nitrogen and oxygen atoms in total. The van der Waals surface area contributed by atoms with E-state index in [1.54, 1.807) is 25.3 Å². The minimum absolute atomic E-state index is 0.516. The summed E-state index contributed by atoms with van der Waals surface area (Å²) in [4.78, 5) is 4.49. The first-order valence-electron chi connectivity index (χ1n) is 8.84. The predicted molar refractivity (Wildman–Crippen MR) is 111 cm³/mol. The summed E-state index contributed by atoms with van der Waals surface area (Å²) in [6.07, 6.45) is 1.58. The van der Waals surface area contributed by atoms with Gasteiger partial charge in [0.2, 0.25) is 0 Å². The third-order valence-electron chi connectivity index (χ3n) is 4.52. The summed E-state index contributed by atoms with van der Waals surface area (Å²) >= 11 is 0. The highest BCUT2D eigenvalue weighted by Crippen LogP contribution is 2.32. The second-order valence-electron chi connectivity index (χ2n) is 6.54. The van der Waals surface area contributed by atoms with Gasteiger partial charge in [0.25, 0.3) is 10.0 Å². The maximum absolute atomic E-state index is 12.4. The molecule has 0 aromatic heterocycles. The fraction of sp³-hybridized carbons (Fsp3) is 0.300. The number of hydrogen-bond donors (Lipinski definition) is 1. The zero-order valence-electron chi connectivity index (χ0n) is 15.6. The molecule has 3 rings (SSSR count). The van der Waals surface area contributed by atoms with E-state index in [1.165, 1.54) is 5.41 Å². The Morgan fingerprint density at radius 1 is 1.04 bits per heavy atom. The lowest BCUT2D eigenvalue weighted by atomic mass is 10.2. The number of sulfonamides is 1. The van der Waals surface area contributed by atoms with Crippen molar-refractivity contribution in [3.63, 3.8) is 0 Å². The Balaban J connectivity index is 1.78. The monoisotopic (exact) mass is 387 g/mol. The highest BCUT2D eigenvalue weighted by molar-refractivity contribution is 7.95. The van der Waals surface area contributed by atoms with Gasteiger partial charge in [0, 0.05) is 26.2 Å². The lowest BCUT2D eigenvalue weighted by Gasteiger charge is -2.34. The van der Waals surface area contributed by atoms with E-state index in [4.69, 9.17) is 4.74 Å². The minimum atomic E-state index is -3.61. The molecule has 0 amide bonds. The van der Waals surface area contributed by atoms with Crippen molar-refractivity contribution >= 4 is 27.5 Å². The average Bonchev–Trinajstić information content (AvgIpc) is 2.68. The smallest absolute Gasteiger partial charge is 0.255 e. The lowest BCUT2D eigenvalue weighted by molar-refractivity contribution is 0.311. The van der Waals surface area contributed by atoms with Crippen molar-refractivity contribution in [1.82, 2.24) is 4.90 Å². The first-order chi connectivity index (χ1) is 13.0. The summed E-state index contributed by atoms with van der Waals surface area (Å²) in [5, 5.41) is 1.18. The molecule has 0 aliphatic carbocycles. The second-order valence-corrected chi connectivity index (χ2v) is 8.10. The number of nitrogens with one attached hydrogen (secondary N) is 1. The van der Waals surface area contributed by atoms with Gasteiger partial charge in [-0.15, -0.1) is 0 Å². The number of anilines is 2. The maximum Gasteiger partial charge on any atom is 0.255 e. The van der Waals surface area contributed by atoms with E-state index in [9.17, 15) is 8.42 Å². The van der Waals surface area contributed by atoms with Crippen LogP contribution in [-0.4, -0.2) is 53.7 Å². The van der Waals surface area contributed by atoms with Crippen LogP contribution in [0.4, 0.5) is 11.4 Å². The quantitative estimate of drug-likeness (QED) is 0.826. The molecule has 1 aliphatic heterocycles. The van der Waals surface area contributed by atoms with E-state index in [-0.39, 0.29) is 0 Å². The molecule has 0 spiro atoms. The SMILES string of the molecule is COc1ccc(NS(=O)(=O)C=Cc2ccccc2)cc1N1CCN(C)CC1. The van der Waals surface area contributed by atoms with Gasteiger partial charge in [0.1, 0.15) is 5.75 Å². The summed E-state index contributed by atoms with van der Waals surface area (Å²) < 4.78 is 32.9. The third kappa shape index (κ3) is 5.24. The molecule has 2 aromatic rings. The van der Waals surface area contributed by atoms with Gasteiger partial charge in [-0.1, -0.05) is 30.3 Å². The molecule has 1 fully saturated rings. The zero-order valence-corrected chi connectivity index (χ0v) is 16.4. The predicted octanol–water partition coefficient (Wildman–Crippen LogP) is 2.86. The normalized spacial score (nSPS) is 15.9. The number of likely N-dealkylation sites (N-methyl/N-ethyl adjacent to an activating group) is 1. The Hall–Kier alpha value is -2.51. The second kappa shape index (κ2) is 8.45. The van der Waals surface area contributed by atoms with Crippen LogP contribution in [0.1, 0.15) is 5.56 Å². The summed E-state index contributed by atoms with van der Waals surface area (Å²) in [6, 6.07) is 14.7. The number of ether oxygens (including phenoxy) is 1. The van der Waals surface area contributed by atoms with Crippen molar-refractivity contribution in [2.75, 3.05) is 50.0 Å². The molecule has 144 valence electrons. The van der Waals surface area contributed by atoms with E-state index >= 15 is 0 Å². The summed E-state index contributed by atoms with van der Waals surface area (Å²) in [5.74, 6) is 0.738. The van der Waals surface area contributed by atoms with Gasteiger partial charge in [-0.25, -0.2) is 8.42 Å². The molecular formula is C20H25N3O3S. The number of benzene rings is 2. The molecule has 1 aliphatic rings. The largest absolute Gasteiger partial charge is 0.495 e. The Labute approximate surface area is 161 Å². The van der Waals surface area contributed by atoms with Crippen LogP contribution in [-0.2, 0) is 10.0 Å². The van der Waals surface area contributed by atoms with Gasteiger partial charge in [-0.3, -0.25) is 4.72 Å². The van der Waals surface area contributed by atoms with Gasteiger partial charge in [0.15, 0.2) is 0 Å². The van der Waals surface area contributed by atoms with Crippen molar-refractivity contribution in [2.24, 2.45) is 0 Å². The van der Waals surface area contributed by atoms with E-state index in [0.717, 1.165) is 43.2 Å². The first kappa shape index (κ1) is 19.3. The van der Waals surface area contributed by atoms with Crippen LogP contribution in [0.2, 0.25) is 0 Å². The fourth-order valence-electron chi connectivity index (χ4n) is 2.98. The van der Waals surface area contributed by atoms with Crippen LogP contribution in [0.15, 0.2) is 53.9 Å². The number of hydrogen-bond acceptors (Lipinski definition) is 5. The van der Waals surface area contributed by atoms with Crippen molar-refractivity contribution in [3.8, 4) is 5.75 Å². The van der Waals surface area contributed by atoms with Gasteiger partial charge in [-0.05, 0) is 36.9 Å². The lowest BCUT2D eigenvalue weighted by Crippen LogP contribution is -2.44. The standard InChI is InChI=1S/C20H25N3O3S/c1-22-11-13-23(14-12-22)19-16-18(8-9-20(19)26-2)21-27(24,25)15-10-17-6-4-3-5-7-17/h3-10,15-16,21H,11-14H2,1-2H3. The molecule has 1 saturated heterocycles. The molecule has 0 atom stereocenters. The highest BCUT2D eigenvalue weighted by Gasteiger charge is 2.18. The van der Waals surface area contributed by atoms with Crippen LogP contribution in [0.25, 0.3) is 6.08 Å². The summed E-state index contributed by atoms with van der Waals surface area (Å²) in [5.41, 5.74) is 2.25. The fourth-order valence-corrected chi connectivity index (χ4v) is 3.84. The molecule has 27 heavy (non-hydrogen) atoms. The average molecular weight is 388 g/mol. The van der Waals surface area contributed by atoms with Crippen LogP contribution < -0.4 is 14.4 Å². The molecule has 0 saturated carbocycles. The van der Waals surface area contributed by atoms with Gasteiger partial charge in [-0.2, -0.15) is 0 Å². The molecule has 0 radical (unpaired) electrons. The summed E-state index contributed by atoms with van der Waals surface area (Å²) in [6.45, 7) is 3.66. The van der Waals surface area contributed by atoms with E-state index in [0.29, 0.717) is 5.69 Å². The number of nitrogens with zero attached hydrogens (tertiary/aromatic N) is 2. The molecule has 0 unspecified atom stereocenters. The van der Waals surface area contributed by atoms with Crippen LogP contribution in [0.5, 0.6) is 5.75 Å². The Bertz CT molecular complexity index is 890. The van der Waals surface area contributed by atoms with Crippen LogP contribution >= 0.6 is 0 Å². The molecule has 2 aromatic carbocycles. The maximum atomic E-state index is 12.4. The number of rotatable bonds is 6. The highest BCUT2D eigenvalue weighted by atomic mass is 32.2. The molecule has 1 heterocycles. The van der Waals surface area contributed by atoms with Crippen molar-refractivity contribution in [2.45, 2.75) is 0 Å². The third-order valence-corrected chi connectivity index (χ3v) is 5.54. The van der Waals surface area contributed by atoms with Crippen molar-refractivity contribution in [1.29, 1.82) is 0 Å². The molecule has 1 N–H and O–H groups in total. The molecule has 7 heteroatoms. The van der Waals surface area contributed by atoms with E-state index in [1.807, 2.05) is 36.4 Å². The van der Waals surface area contributed by atoms with Gasteiger partial charge in [0.05, 0.1) is 23.9 Å². The Morgan fingerprint density at radius 3 is 2.41 bits per heavy atom. The van der Waals surface area contributed by atoms with Gasteiger partial charge >= 0.3 is 0 Å². The van der Waals surface area contributed by atoms with E-state index < -0.39 is 10.0 Å². The Kier molecular flexibility index (Phi) is 6.03. The zero-order chi connectivity index (χ0) is 19.3. The van der Waals surface area contributed by atoms with Crippen molar-refractivity contribution < 1.29 is 13.2 Å². The molecule has 0 bridgehead atoms. The number of methoxy groups -OCH3 is 1. The Morgan fingerprint density at radius 2 is 1.74 bits per heavy atom. The van der Waals surface area contributed by atoms with Crippen LogP contribution in [0.3, 0.4) is 0 Å².